The summed E-state index contributed by atoms with van der Waals surface area (Å²) < 4.78 is 4.85. The molecule has 1 aliphatic rings. The van der Waals surface area contributed by atoms with Crippen molar-refractivity contribution in [2.24, 2.45) is 11.8 Å². The van der Waals surface area contributed by atoms with Gasteiger partial charge in [0.25, 0.3) is 0 Å². The molecule has 1 fully saturated rings. The van der Waals surface area contributed by atoms with Crippen LogP contribution in [0.2, 0.25) is 0 Å². The van der Waals surface area contributed by atoms with Crippen LogP contribution in [0, 0.1) is 34.5 Å². The van der Waals surface area contributed by atoms with Crippen molar-refractivity contribution in [2.75, 3.05) is 7.11 Å². The molecule has 2 rings (SSSR count). The van der Waals surface area contributed by atoms with Crippen LogP contribution in [0.1, 0.15) is 55.6 Å². The molecule has 0 bridgehead atoms. The van der Waals surface area contributed by atoms with Crippen LogP contribution < -0.4 is 0 Å². The molecule has 0 spiro atoms. The summed E-state index contributed by atoms with van der Waals surface area (Å²) in [7, 11) is 1.38. The molecule has 0 heterocycles. The number of nitriles is 2. The van der Waals surface area contributed by atoms with Crippen LogP contribution in [0.15, 0.2) is 24.3 Å². The minimum Gasteiger partial charge on any atom is -0.469 e. The Morgan fingerprint density at radius 3 is 2.57 bits per heavy atom. The van der Waals surface area contributed by atoms with Crippen LogP contribution >= 0.6 is 0 Å². The van der Waals surface area contributed by atoms with E-state index in [0.29, 0.717) is 11.5 Å². The quantitative estimate of drug-likeness (QED) is 0.772. The molecule has 1 aliphatic carbocycles. The second-order valence-corrected chi connectivity index (χ2v) is 6.15. The van der Waals surface area contributed by atoms with Crippen molar-refractivity contribution in [3.63, 3.8) is 0 Å². The molecule has 2 unspecified atom stereocenters. The van der Waals surface area contributed by atoms with Crippen molar-refractivity contribution < 1.29 is 9.53 Å². The first-order valence-corrected chi connectivity index (χ1v) is 8.16. The summed E-state index contributed by atoms with van der Waals surface area (Å²) in [5.74, 6) is -0.496. The van der Waals surface area contributed by atoms with Gasteiger partial charge in [-0.3, -0.25) is 4.79 Å². The molecule has 0 saturated heterocycles. The molecule has 0 radical (unpaired) electrons. The van der Waals surface area contributed by atoms with Crippen LogP contribution in [0.25, 0.3) is 0 Å². The number of carbonyl (C=O) groups is 1. The normalized spacial score (nSPS) is 17.5. The fourth-order valence-corrected chi connectivity index (χ4v) is 3.66. The summed E-state index contributed by atoms with van der Waals surface area (Å²) in [6, 6.07) is 11.7. The molecule has 0 aliphatic heterocycles. The molecule has 4 nitrogen and oxygen atoms in total. The lowest BCUT2D eigenvalue weighted by Crippen LogP contribution is -2.27. The first kappa shape index (κ1) is 17.0. The Bertz CT molecular complexity index is 621. The minimum absolute atomic E-state index is 0.0951. The number of ether oxygens (including phenoxy) is 1. The second-order valence-electron chi connectivity index (χ2n) is 6.15. The van der Waals surface area contributed by atoms with Gasteiger partial charge in [-0.05, 0) is 23.5 Å². The fourth-order valence-electron chi connectivity index (χ4n) is 3.66. The number of rotatable bonds is 5. The topological polar surface area (TPSA) is 73.9 Å². The van der Waals surface area contributed by atoms with Crippen molar-refractivity contribution in [1.29, 1.82) is 10.5 Å². The third-order valence-corrected chi connectivity index (χ3v) is 4.87. The lowest BCUT2D eigenvalue weighted by molar-refractivity contribution is -0.142. The van der Waals surface area contributed by atoms with Crippen LogP contribution in [0.5, 0.6) is 0 Å². The maximum absolute atomic E-state index is 11.9. The highest BCUT2D eigenvalue weighted by molar-refractivity contribution is 5.69. The maximum Gasteiger partial charge on any atom is 0.305 e. The number of hydrogen-bond donors (Lipinski definition) is 0. The lowest BCUT2D eigenvalue weighted by atomic mass is 9.70. The number of benzene rings is 1. The van der Waals surface area contributed by atoms with Gasteiger partial charge in [0.2, 0.25) is 0 Å². The van der Waals surface area contributed by atoms with E-state index in [2.05, 4.69) is 12.1 Å². The molecule has 0 amide bonds. The first-order chi connectivity index (χ1) is 11.2. The zero-order valence-corrected chi connectivity index (χ0v) is 13.5. The first-order valence-electron chi connectivity index (χ1n) is 8.16. The summed E-state index contributed by atoms with van der Waals surface area (Å²) >= 11 is 0. The summed E-state index contributed by atoms with van der Waals surface area (Å²) in [5.41, 5.74) is 1.25. The number of hydrogen-bond acceptors (Lipinski definition) is 4. The summed E-state index contributed by atoms with van der Waals surface area (Å²) in [6.45, 7) is 0. The van der Waals surface area contributed by atoms with Crippen LogP contribution in [-0.2, 0) is 9.53 Å². The SMILES string of the molecule is COC(=O)CC(C1CCCCC1)C(C#N)c1ccccc1C#N. The van der Waals surface area contributed by atoms with E-state index in [1.54, 1.807) is 12.1 Å². The van der Waals surface area contributed by atoms with Gasteiger partial charge in [-0.25, -0.2) is 0 Å². The Balaban J connectivity index is 2.36. The smallest absolute Gasteiger partial charge is 0.305 e. The van der Waals surface area contributed by atoms with E-state index in [1.165, 1.54) is 13.5 Å². The largest absolute Gasteiger partial charge is 0.469 e. The van der Waals surface area contributed by atoms with Gasteiger partial charge in [0.05, 0.1) is 37.2 Å². The molecule has 1 saturated carbocycles. The van der Waals surface area contributed by atoms with E-state index >= 15 is 0 Å². The molecule has 120 valence electrons. The highest BCUT2D eigenvalue weighted by Gasteiger charge is 2.34. The Hall–Kier alpha value is -2.33. The van der Waals surface area contributed by atoms with E-state index in [-0.39, 0.29) is 18.3 Å². The molecular weight excluding hydrogens is 288 g/mol. The van der Waals surface area contributed by atoms with Crippen molar-refractivity contribution >= 4 is 5.97 Å². The Labute approximate surface area is 137 Å². The van der Waals surface area contributed by atoms with E-state index in [1.807, 2.05) is 12.1 Å². The minimum atomic E-state index is -0.451. The van der Waals surface area contributed by atoms with Crippen molar-refractivity contribution in [1.82, 2.24) is 0 Å². The standard InChI is InChI=1S/C19H22N2O2/c1-23-19(22)11-17(14-7-3-2-4-8-14)18(13-21)16-10-6-5-9-15(16)12-20/h5-6,9-10,14,17-18H,2-4,7-8,11H2,1H3. The second kappa shape index (κ2) is 8.34. The van der Waals surface area contributed by atoms with Crippen molar-refractivity contribution in [2.45, 2.75) is 44.4 Å². The lowest BCUT2D eigenvalue weighted by Gasteiger charge is -2.33. The zero-order valence-electron chi connectivity index (χ0n) is 13.5. The highest BCUT2D eigenvalue weighted by Crippen LogP contribution is 2.41. The van der Waals surface area contributed by atoms with Crippen molar-refractivity contribution in [3.05, 3.63) is 35.4 Å². The van der Waals surface area contributed by atoms with Gasteiger partial charge in [0.15, 0.2) is 0 Å². The number of carbonyl (C=O) groups excluding carboxylic acids is 1. The summed E-state index contributed by atoms with van der Waals surface area (Å²) in [6.07, 6.45) is 5.80. The van der Waals surface area contributed by atoms with Crippen LogP contribution in [0.3, 0.4) is 0 Å². The molecule has 4 heteroatoms. The predicted octanol–water partition coefficient (Wildman–Crippen LogP) is 3.93. The average molecular weight is 310 g/mol. The van der Waals surface area contributed by atoms with Gasteiger partial charge in [-0.2, -0.15) is 10.5 Å². The molecule has 1 aromatic carbocycles. The number of nitrogens with zero attached hydrogens (tertiary/aromatic N) is 2. The third kappa shape index (κ3) is 4.11. The summed E-state index contributed by atoms with van der Waals surface area (Å²) in [4.78, 5) is 11.9. The summed E-state index contributed by atoms with van der Waals surface area (Å²) in [5, 5.41) is 19.1. The van der Waals surface area contributed by atoms with Gasteiger partial charge in [-0.15, -0.1) is 0 Å². The molecule has 0 aromatic heterocycles. The molecule has 1 aromatic rings. The van der Waals surface area contributed by atoms with Crippen LogP contribution in [0.4, 0.5) is 0 Å². The van der Waals surface area contributed by atoms with Crippen LogP contribution in [-0.4, -0.2) is 13.1 Å². The Kier molecular flexibility index (Phi) is 6.18. The monoisotopic (exact) mass is 310 g/mol. The van der Waals surface area contributed by atoms with Gasteiger partial charge in [-0.1, -0.05) is 50.3 Å². The molecule has 2 atom stereocenters. The van der Waals surface area contributed by atoms with Gasteiger partial charge < -0.3 is 4.74 Å². The van der Waals surface area contributed by atoms with E-state index in [0.717, 1.165) is 31.2 Å². The van der Waals surface area contributed by atoms with Gasteiger partial charge in [0.1, 0.15) is 0 Å². The average Bonchev–Trinajstić information content (AvgIpc) is 2.62. The predicted molar refractivity (Wildman–Crippen MR) is 86.2 cm³/mol. The fraction of sp³-hybridized carbons (Fsp3) is 0.526. The van der Waals surface area contributed by atoms with E-state index in [9.17, 15) is 15.3 Å². The molecular formula is C19H22N2O2. The van der Waals surface area contributed by atoms with E-state index in [4.69, 9.17) is 4.74 Å². The van der Waals surface area contributed by atoms with Crippen molar-refractivity contribution in [3.8, 4) is 12.1 Å². The zero-order chi connectivity index (χ0) is 16.7. The Morgan fingerprint density at radius 1 is 1.26 bits per heavy atom. The Morgan fingerprint density at radius 2 is 1.96 bits per heavy atom. The van der Waals surface area contributed by atoms with Gasteiger partial charge in [0, 0.05) is 0 Å². The van der Waals surface area contributed by atoms with Gasteiger partial charge >= 0.3 is 5.97 Å². The number of esters is 1. The van der Waals surface area contributed by atoms with E-state index < -0.39 is 5.92 Å². The third-order valence-electron chi connectivity index (χ3n) is 4.87. The molecule has 23 heavy (non-hydrogen) atoms. The molecule has 0 N–H and O–H groups in total. The number of methoxy groups -OCH3 is 1. The highest BCUT2D eigenvalue weighted by atomic mass is 16.5. The maximum atomic E-state index is 11.9.